The lowest BCUT2D eigenvalue weighted by Gasteiger charge is -1.91. The van der Waals surface area contributed by atoms with E-state index in [2.05, 4.69) is 10.2 Å². The molecule has 4 heteroatoms. The molecule has 0 fully saturated rings. The summed E-state index contributed by atoms with van der Waals surface area (Å²) < 4.78 is 17.4. The molecule has 0 N–H and O–H groups in total. The molecule has 3 nitrogen and oxygen atoms in total. The fourth-order valence-electron chi connectivity index (χ4n) is 0.891. The maximum atomic E-state index is 12.5. The van der Waals surface area contributed by atoms with Crippen molar-refractivity contribution in [2.24, 2.45) is 0 Å². The summed E-state index contributed by atoms with van der Waals surface area (Å²) in [5.74, 6) is 0.119. The number of rotatable bonds is 1. The summed E-state index contributed by atoms with van der Waals surface area (Å²) in [6.45, 7) is 0. The zero-order chi connectivity index (χ0) is 8.39. The van der Waals surface area contributed by atoms with Crippen LogP contribution in [0.2, 0.25) is 0 Å². The zero-order valence-electron chi connectivity index (χ0n) is 6.07. The summed E-state index contributed by atoms with van der Waals surface area (Å²) in [6, 6.07) is 5.87. The Morgan fingerprint density at radius 3 is 2.50 bits per heavy atom. The molecule has 0 aliphatic heterocycles. The summed E-state index contributed by atoms with van der Waals surface area (Å²) in [6.07, 6.45) is 1.23. The zero-order valence-corrected chi connectivity index (χ0v) is 6.07. The lowest BCUT2D eigenvalue weighted by molar-refractivity contribution is 0.568. The first-order chi connectivity index (χ1) is 5.86. The summed E-state index contributed by atoms with van der Waals surface area (Å²) in [7, 11) is 0. The molecular weight excluding hydrogens is 159 g/mol. The maximum absolute atomic E-state index is 12.5. The molecular formula is C8H5FN2O. The predicted molar refractivity (Wildman–Crippen MR) is 39.7 cm³/mol. The van der Waals surface area contributed by atoms with Crippen molar-refractivity contribution in [2.45, 2.75) is 0 Å². The van der Waals surface area contributed by atoms with Crippen LogP contribution in [0.4, 0.5) is 4.39 Å². The molecule has 0 bridgehead atoms. The summed E-state index contributed by atoms with van der Waals surface area (Å²) in [5.41, 5.74) is 0.717. The van der Waals surface area contributed by atoms with Gasteiger partial charge in [-0.25, -0.2) is 4.39 Å². The third-order valence-electron chi connectivity index (χ3n) is 1.45. The molecule has 60 valence electrons. The highest BCUT2D eigenvalue weighted by Crippen LogP contribution is 2.15. The van der Waals surface area contributed by atoms with Crippen molar-refractivity contribution in [1.82, 2.24) is 10.2 Å². The number of aromatic nitrogens is 2. The van der Waals surface area contributed by atoms with E-state index in [0.29, 0.717) is 11.5 Å². The van der Waals surface area contributed by atoms with Gasteiger partial charge in [-0.3, -0.25) is 0 Å². The van der Waals surface area contributed by atoms with E-state index >= 15 is 0 Å². The van der Waals surface area contributed by atoms with E-state index in [1.165, 1.54) is 18.5 Å². The second-order valence-electron chi connectivity index (χ2n) is 2.25. The topological polar surface area (TPSA) is 38.9 Å². The number of nitrogens with zero attached hydrogens (tertiary/aromatic N) is 2. The molecule has 0 aliphatic carbocycles. The SMILES string of the molecule is Fc1ccc(-c2nnco2)cc1. The van der Waals surface area contributed by atoms with E-state index < -0.39 is 0 Å². The second kappa shape index (κ2) is 2.73. The van der Waals surface area contributed by atoms with E-state index in [0.717, 1.165) is 0 Å². The van der Waals surface area contributed by atoms with Gasteiger partial charge in [0.15, 0.2) is 0 Å². The van der Waals surface area contributed by atoms with Gasteiger partial charge < -0.3 is 4.42 Å². The van der Waals surface area contributed by atoms with E-state index in [1.54, 1.807) is 12.1 Å². The number of benzene rings is 1. The van der Waals surface area contributed by atoms with Gasteiger partial charge in [0, 0.05) is 5.56 Å². The highest BCUT2D eigenvalue weighted by molar-refractivity contribution is 5.51. The largest absolute Gasteiger partial charge is 0.423 e. The molecule has 0 unspecified atom stereocenters. The summed E-state index contributed by atoms with van der Waals surface area (Å²) in [4.78, 5) is 0. The molecule has 12 heavy (non-hydrogen) atoms. The van der Waals surface area contributed by atoms with Crippen LogP contribution in [0.5, 0.6) is 0 Å². The Hall–Kier alpha value is -1.71. The minimum absolute atomic E-state index is 0.279. The molecule has 1 aromatic carbocycles. The van der Waals surface area contributed by atoms with E-state index in [9.17, 15) is 4.39 Å². The average molecular weight is 164 g/mol. The van der Waals surface area contributed by atoms with Gasteiger partial charge in [0.05, 0.1) is 0 Å². The molecule has 0 atom stereocenters. The lowest BCUT2D eigenvalue weighted by atomic mass is 10.2. The summed E-state index contributed by atoms with van der Waals surface area (Å²) in [5, 5.41) is 7.19. The van der Waals surface area contributed by atoms with Crippen LogP contribution < -0.4 is 0 Å². The van der Waals surface area contributed by atoms with Crippen molar-refractivity contribution in [3.05, 3.63) is 36.5 Å². The van der Waals surface area contributed by atoms with Crippen molar-refractivity contribution in [2.75, 3.05) is 0 Å². The predicted octanol–water partition coefficient (Wildman–Crippen LogP) is 1.88. The van der Waals surface area contributed by atoms with Crippen LogP contribution in [0.15, 0.2) is 35.1 Å². The molecule has 0 spiro atoms. The van der Waals surface area contributed by atoms with Crippen LogP contribution in [-0.4, -0.2) is 10.2 Å². The van der Waals surface area contributed by atoms with Crippen molar-refractivity contribution >= 4 is 0 Å². The Morgan fingerprint density at radius 1 is 1.17 bits per heavy atom. The van der Waals surface area contributed by atoms with Crippen molar-refractivity contribution in [3.63, 3.8) is 0 Å². The quantitative estimate of drug-likeness (QED) is 0.645. The molecule has 0 radical (unpaired) electrons. The molecule has 0 amide bonds. The lowest BCUT2D eigenvalue weighted by Crippen LogP contribution is -1.78. The van der Waals surface area contributed by atoms with Gasteiger partial charge in [0.25, 0.3) is 0 Å². The Labute approximate surface area is 67.9 Å². The Morgan fingerprint density at radius 2 is 1.92 bits per heavy atom. The highest BCUT2D eigenvalue weighted by atomic mass is 19.1. The first-order valence-corrected chi connectivity index (χ1v) is 3.38. The minimum atomic E-state index is -0.279. The summed E-state index contributed by atoms with van der Waals surface area (Å²) >= 11 is 0. The fraction of sp³-hybridized carbons (Fsp3) is 0. The van der Waals surface area contributed by atoms with Crippen LogP contribution in [0, 0.1) is 5.82 Å². The van der Waals surface area contributed by atoms with Gasteiger partial charge in [-0.15, -0.1) is 10.2 Å². The third-order valence-corrected chi connectivity index (χ3v) is 1.45. The number of hydrogen-bond donors (Lipinski definition) is 0. The van der Waals surface area contributed by atoms with Gasteiger partial charge in [-0.05, 0) is 24.3 Å². The highest BCUT2D eigenvalue weighted by Gasteiger charge is 2.01. The molecule has 1 heterocycles. The van der Waals surface area contributed by atoms with Crippen molar-refractivity contribution in [1.29, 1.82) is 0 Å². The maximum Gasteiger partial charge on any atom is 0.247 e. The Balaban J connectivity index is 2.43. The molecule has 2 aromatic rings. The molecule has 1 aromatic heterocycles. The van der Waals surface area contributed by atoms with Crippen LogP contribution in [0.1, 0.15) is 0 Å². The number of halogens is 1. The van der Waals surface area contributed by atoms with Crippen LogP contribution in [-0.2, 0) is 0 Å². The van der Waals surface area contributed by atoms with Gasteiger partial charge in [-0.1, -0.05) is 0 Å². The fourth-order valence-corrected chi connectivity index (χ4v) is 0.891. The average Bonchev–Trinajstić information content (AvgIpc) is 2.58. The monoisotopic (exact) mass is 164 g/mol. The van der Waals surface area contributed by atoms with E-state index in [-0.39, 0.29) is 5.82 Å². The van der Waals surface area contributed by atoms with Gasteiger partial charge in [0.1, 0.15) is 5.82 Å². The van der Waals surface area contributed by atoms with Crippen LogP contribution in [0.25, 0.3) is 11.5 Å². The van der Waals surface area contributed by atoms with Gasteiger partial charge in [-0.2, -0.15) is 0 Å². The molecule has 2 rings (SSSR count). The minimum Gasteiger partial charge on any atom is -0.423 e. The van der Waals surface area contributed by atoms with E-state index in [4.69, 9.17) is 4.42 Å². The molecule has 0 saturated carbocycles. The molecule has 0 saturated heterocycles. The standard InChI is InChI=1S/C8H5FN2O/c9-7-3-1-6(2-4-7)8-11-10-5-12-8/h1-5H. The second-order valence-corrected chi connectivity index (χ2v) is 2.25. The normalized spacial score (nSPS) is 10.1. The van der Waals surface area contributed by atoms with Gasteiger partial charge in [0.2, 0.25) is 12.3 Å². The Bertz CT molecular complexity index is 355. The third kappa shape index (κ3) is 1.18. The Kier molecular flexibility index (Phi) is 1.59. The first-order valence-electron chi connectivity index (χ1n) is 3.38. The molecule has 0 aliphatic rings. The van der Waals surface area contributed by atoms with E-state index in [1.807, 2.05) is 0 Å². The van der Waals surface area contributed by atoms with Crippen LogP contribution >= 0.6 is 0 Å². The van der Waals surface area contributed by atoms with Crippen molar-refractivity contribution in [3.8, 4) is 11.5 Å². The number of hydrogen-bond acceptors (Lipinski definition) is 3. The van der Waals surface area contributed by atoms with Crippen LogP contribution in [0.3, 0.4) is 0 Å². The smallest absolute Gasteiger partial charge is 0.247 e. The first kappa shape index (κ1) is 6.97. The van der Waals surface area contributed by atoms with Crippen molar-refractivity contribution < 1.29 is 8.81 Å². The van der Waals surface area contributed by atoms with Gasteiger partial charge >= 0.3 is 0 Å².